The van der Waals surface area contributed by atoms with E-state index in [2.05, 4.69) is 9.36 Å². The van der Waals surface area contributed by atoms with Gasteiger partial charge in [0.1, 0.15) is 40.0 Å². The molecule has 5 rings (SSSR count). The first kappa shape index (κ1) is 36.7. The second kappa shape index (κ2) is 15.1. The van der Waals surface area contributed by atoms with Crippen LogP contribution < -0.4 is 18.5 Å². The average molecular weight is 735 g/mol. The second-order valence-electron chi connectivity index (χ2n) is 12.6. The van der Waals surface area contributed by atoms with Crippen LogP contribution in [0.2, 0.25) is 0 Å². The predicted octanol–water partition coefficient (Wildman–Crippen LogP) is 6.79. The summed E-state index contributed by atoms with van der Waals surface area (Å²) in [4.78, 5) is 17.5. The topological polar surface area (TPSA) is 120 Å². The van der Waals surface area contributed by atoms with Crippen molar-refractivity contribution in [2.24, 2.45) is 5.92 Å². The largest absolute Gasteiger partial charge is 0.497 e. The highest BCUT2D eigenvalue weighted by molar-refractivity contribution is 7.93. The number of benzene rings is 3. The quantitative estimate of drug-likeness (QED) is 0.164. The predicted molar refractivity (Wildman–Crippen MR) is 180 cm³/mol. The standard InChI is InChI=1S/C34H37F3N4O7S2/c1-34(2,3)48-33(42)40-13-12-23(26(18-40)21-6-9-24(35)10-7-21)19-47-30-15-28(37)31(16-27(30)36)50(43,44)41(32-38-20-39-49-32)17-22-8-11-25(45-4)14-29(22)46-5/h6-11,14-16,20,23,26H,12-13,17-19H2,1-5H3/t23-,26?/m0/s1. The van der Waals surface area contributed by atoms with Gasteiger partial charge in [-0.3, -0.25) is 0 Å². The van der Waals surface area contributed by atoms with Crippen molar-refractivity contribution in [3.05, 3.63) is 89.5 Å². The number of halogens is 3. The molecule has 0 bridgehead atoms. The molecule has 268 valence electrons. The van der Waals surface area contributed by atoms with Gasteiger partial charge in [-0.15, -0.1) is 0 Å². The Bertz CT molecular complexity index is 1910. The zero-order chi connectivity index (χ0) is 36.2. The fourth-order valence-corrected chi connectivity index (χ4v) is 7.77. The van der Waals surface area contributed by atoms with Gasteiger partial charge < -0.3 is 23.8 Å². The lowest BCUT2D eigenvalue weighted by Gasteiger charge is -2.39. The molecule has 0 spiro atoms. The molecular formula is C34H37F3N4O7S2. The molecule has 0 aliphatic carbocycles. The average Bonchev–Trinajstić information content (AvgIpc) is 3.61. The number of rotatable bonds is 11. The highest BCUT2D eigenvalue weighted by atomic mass is 32.2. The molecule has 0 N–H and O–H groups in total. The van der Waals surface area contributed by atoms with Gasteiger partial charge in [0.05, 0.1) is 27.4 Å². The maximum atomic E-state index is 15.7. The normalized spacial score (nSPS) is 16.5. The number of sulfonamides is 1. The molecule has 1 aromatic heterocycles. The first-order chi connectivity index (χ1) is 23.7. The van der Waals surface area contributed by atoms with Crippen LogP contribution >= 0.6 is 11.5 Å². The third-order valence-corrected chi connectivity index (χ3v) is 10.6. The number of piperidine rings is 1. The maximum Gasteiger partial charge on any atom is 0.410 e. The van der Waals surface area contributed by atoms with Crippen LogP contribution in [0.5, 0.6) is 17.2 Å². The summed E-state index contributed by atoms with van der Waals surface area (Å²) in [5.74, 6) is -3.13. The molecule has 4 aromatic rings. The Kier molecular flexibility index (Phi) is 11.1. The number of hydrogen-bond donors (Lipinski definition) is 0. The summed E-state index contributed by atoms with van der Waals surface area (Å²) in [6, 6.07) is 11.9. The van der Waals surface area contributed by atoms with Crippen molar-refractivity contribution in [3.63, 3.8) is 0 Å². The summed E-state index contributed by atoms with van der Waals surface area (Å²) in [6.45, 7) is 5.40. The van der Waals surface area contributed by atoms with E-state index in [9.17, 15) is 17.6 Å². The third-order valence-electron chi connectivity index (χ3n) is 8.08. The van der Waals surface area contributed by atoms with Gasteiger partial charge in [0.2, 0.25) is 5.13 Å². The summed E-state index contributed by atoms with van der Waals surface area (Å²) in [5.41, 5.74) is 0.424. The molecule has 0 radical (unpaired) electrons. The fraction of sp³-hybridized carbons (Fsp3) is 0.382. The van der Waals surface area contributed by atoms with Gasteiger partial charge in [0, 0.05) is 60.2 Å². The van der Waals surface area contributed by atoms with Gasteiger partial charge in [0.25, 0.3) is 10.0 Å². The Morgan fingerprint density at radius 3 is 2.38 bits per heavy atom. The summed E-state index contributed by atoms with van der Waals surface area (Å²) >= 11 is 0.760. The van der Waals surface area contributed by atoms with Crippen molar-refractivity contribution in [3.8, 4) is 17.2 Å². The minimum atomic E-state index is -4.74. The van der Waals surface area contributed by atoms with E-state index < -0.39 is 49.8 Å². The number of carbonyl (C=O) groups is 1. The highest BCUT2D eigenvalue weighted by Crippen LogP contribution is 2.37. The van der Waals surface area contributed by atoms with E-state index in [-0.39, 0.29) is 36.7 Å². The minimum absolute atomic E-state index is 0.0763. The third kappa shape index (κ3) is 8.41. The van der Waals surface area contributed by atoms with Crippen LogP contribution in [0.4, 0.5) is 23.1 Å². The van der Waals surface area contributed by atoms with Gasteiger partial charge in [-0.25, -0.2) is 35.7 Å². The van der Waals surface area contributed by atoms with Crippen molar-refractivity contribution < 1.29 is 45.3 Å². The number of carbonyl (C=O) groups excluding carboxylic acids is 1. The van der Waals surface area contributed by atoms with Crippen LogP contribution in [-0.2, 0) is 21.3 Å². The van der Waals surface area contributed by atoms with Crippen LogP contribution in [0.3, 0.4) is 0 Å². The van der Waals surface area contributed by atoms with Gasteiger partial charge in [-0.05, 0) is 57.0 Å². The van der Waals surface area contributed by atoms with Gasteiger partial charge in [-0.1, -0.05) is 12.1 Å². The number of ether oxygens (including phenoxy) is 4. The number of likely N-dealkylation sites (tertiary alicyclic amines) is 1. The van der Waals surface area contributed by atoms with E-state index in [1.54, 1.807) is 56.0 Å². The lowest BCUT2D eigenvalue weighted by molar-refractivity contribution is 0.0129. The van der Waals surface area contributed by atoms with Crippen LogP contribution in [-0.4, -0.2) is 68.3 Å². The Labute approximate surface area is 292 Å². The monoisotopic (exact) mass is 734 g/mol. The van der Waals surface area contributed by atoms with Gasteiger partial charge in [-0.2, -0.15) is 4.37 Å². The molecular weight excluding hydrogens is 698 g/mol. The van der Waals surface area contributed by atoms with E-state index in [1.807, 2.05) is 0 Å². The van der Waals surface area contributed by atoms with Crippen LogP contribution in [0.15, 0.2) is 65.8 Å². The van der Waals surface area contributed by atoms with E-state index in [4.69, 9.17) is 18.9 Å². The molecule has 11 nitrogen and oxygen atoms in total. The van der Waals surface area contributed by atoms with E-state index in [0.29, 0.717) is 42.2 Å². The van der Waals surface area contributed by atoms with Crippen LogP contribution in [0.25, 0.3) is 0 Å². The summed E-state index contributed by atoms with van der Waals surface area (Å²) in [5, 5.41) is -0.0763. The molecule has 1 amide bonds. The number of methoxy groups -OCH3 is 2. The number of anilines is 1. The highest BCUT2D eigenvalue weighted by Gasteiger charge is 2.36. The van der Waals surface area contributed by atoms with Gasteiger partial charge in [0.15, 0.2) is 11.6 Å². The number of aromatic nitrogens is 2. The number of nitrogens with zero attached hydrogens (tertiary/aromatic N) is 4. The van der Waals surface area contributed by atoms with E-state index in [0.717, 1.165) is 27.7 Å². The van der Waals surface area contributed by atoms with Crippen molar-refractivity contribution in [2.75, 3.05) is 38.2 Å². The summed E-state index contributed by atoms with van der Waals surface area (Å²) in [7, 11) is -1.87. The lowest BCUT2D eigenvalue weighted by Crippen LogP contribution is -2.46. The molecule has 1 saturated heterocycles. The summed E-state index contributed by atoms with van der Waals surface area (Å²) < 4.78 is 99.6. The van der Waals surface area contributed by atoms with Crippen LogP contribution in [0, 0.1) is 23.4 Å². The molecule has 50 heavy (non-hydrogen) atoms. The van der Waals surface area contributed by atoms with Crippen molar-refractivity contribution >= 4 is 32.8 Å². The molecule has 16 heteroatoms. The molecule has 0 saturated carbocycles. The fourth-order valence-electron chi connectivity index (χ4n) is 5.58. The number of hydrogen-bond acceptors (Lipinski definition) is 10. The Balaban J connectivity index is 1.38. The first-order valence-electron chi connectivity index (χ1n) is 15.6. The number of amides is 1. The molecule has 2 heterocycles. The summed E-state index contributed by atoms with van der Waals surface area (Å²) in [6.07, 6.45) is 1.07. The minimum Gasteiger partial charge on any atom is -0.497 e. The maximum absolute atomic E-state index is 15.7. The van der Waals surface area contributed by atoms with Crippen molar-refractivity contribution in [2.45, 2.75) is 50.2 Å². The van der Waals surface area contributed by atoms with E-state index in [1.165, 1.54) is 26.4 Å². The first-order valence-corrected chi connectivity index (χ1v) is 17.8. The molecule has 1 aliphatic rings. The Morgan fingerprint density at radius 1 is 1.00 bits per heavy atom. The molecule has 3 aromatic carbocycles. The zero-order valence-electron chi connectivity index (χ0n) is 28.1. The zero-order valence-corrected chi connectivity index (χ0v) is 29.7. The van der Waals surface area contributed by atoms with E-state index >= 15 is 8.78 Å². The second-order valence-corrected chi connectivity index (χ2v) is 15.2. The smallest absolute Gasteiger partial charge is 0.410 e. The molecule has 1 unspecified atom stereocenters. The Hall–Kier alpha value is -4.57. The Morgan fingerprint density at radius 2 is 1.74 bits per heavy atom. The van der Waals surface area contributed by atoms with Crippen molar-refractivity contribution in [1.29, 1.82) is 0 Å². The SMILES string of the molecule is COc1ccc(CN(c2ncns2)S(=O)(=O)c2cc(F)c(OC[C@@H]3CCN(C(=O)OC(C)(C)C)CC3c3ccc(F)cc3)cc2F)c(OC)c1. The molecule has 1 fully saturated rings. The van der Waals surface area contributed by atoms with Gasteiger partial charge >= 0.3 is 6.09 Å². The van der Waals surface area contributed by atoms with Crippen molar-refractivity contribution in [1.82, 2.24) is 14.3 Å². The van der Waals surface area contributed by atoms with Crippen LogP contribution in [0.1, 0.15) is 44.2 Å². The lowest BCUT2D eigenvalue weighted by atomic mass is 9.81. The molecule has 2 atom stereocenters. The molecule has 1 aliphatic heterocycles.